The van der Waals surface area contributed by atoms with Crippen LogP contribution >= 0.6 is 0 Å². The van der Waals surface area contributed by atoms with Crippen molar-refractivity contribution in [3.05, 3.63) is 94.3 Å². The minimum absolute atomic E-state index is 0.0400. The van der Waals surface area contributed by atoms with Crippen molar-refractivity contribution in [1.82, 2.24) is 14.8 Å². The highest BCUT2D eigenvalue weighted by atomic mass is 16.2. The van der Waals surface area contributed by atoms with Crippen LogP contribution in [0.15, 0.2) is 66.2 Å². The zero-order valence-corrected chi connectivity index (χ0v) is 18.4. The van der Waals surface area contributed by atoms with Gasteiger partial charge in [-0.05, 0) is 62.6 Å². The van der Waals surface area contributed by atoms with E-state index in [4.69, 9.17) is 0 Å². The van der Waals surface area contributed by atoms with Gasteiger partial charge in [0.05, 0.1) is 0 Å². The number of aromatic nitrogens is 1. The van der Waals surface area contributed by atoms with Crippen molar-refractivity contribution in [2.45, 2.75) is 27.2 Å². The lowest BCUT2D eigenvalue weighted by molar-refractivity contribution is -0.130. The van der Waals surface area contributed by atoms with Crippen molar-refractivity contribution in [3.8, 4) is 5.69 Å². The lowest BCUT2D eigenvalue weighted by Crippen LogP contribution is -2.54. The van der Waals surface area contributed by atoms with Crippen LogP contribution in [0.4, 0.5) is 4.79 Å². The van der Waals surface area contributed by atoms with Gasteiger partial charge in [0.15, 0.2) is 0 Å². The zero-order chi connectivity index (χ0) is 22.8. The maximum Gasteiger partial charge on any atom is 0.331 e. The Kier molecular flexibility index (Phi) is 5.77. The molecule has 0 saturated carbocycles. The Labute approximate surface area is 187 Å². The SMILES string of the molecule is Cc1ccc(-n2c(C)cc(/C=C3\C(=O)NC(=O)N(CCc4ccccc4)C3=O)c2C)cc1. The lowest BCUT2D eigenvalue weighted by Gasteiger charge is -2.26. The molecule has 2 aromatic carbocycles. The average molecular weight is 428 g/mol. The summed E-state index contributed by atoms with van der Waals surface area (Å²) in [6.07, 6.45) is 2.09. The largest absolute Gasteiger partial charge is 0.331 e. The molecule has 1 aliphatic heterocycles. The summed E-state index contributed by atoms with van der Waals surface area (Å²) < 4.78 is 2.08. The van der Waals surface area contributed by atoms with Crippen LogP contribution in [0.3, 0.4) is 0 Å². The Balaban J connectivity index is 1.63. The third-order valence-corrected chi connectivity index (χ3v) is 5.72. The van der Waals surface area contributed by atoms with E-state index in [0.717, 1.165) is 33.1 Å². The number of aryl methyl sites for hydroxylation is 2. The maximum absolute atomic E-state index is 13.1. The molecule has 2 heterocycles. The number of nitrogens with zero attached hydrogens (tertiary/aromatic N) is 2. The molecule has 1 saturated heterocycles. The van der Waals surface area contributed by atoms with Gasteiger partial charge in [-0.25, -0.2) is 4.79 Å². The highest BCUT2D eigenvalue weighted by Gasteiger charge is 2.35. The second-order valence-corrected chi connectivity index (χ2v) is 8.01. The highest BCUT2D eigenvalue weighted by Crippen LogP contribution is 2.24. The van der Waals surface area contributed by atoms with Gasteiger partial charge in [-0.1, -0.05) is 48.0 Å². The first-order valence-electron chi connectivity index (χ1n) is 10.5. The van der Waals surface area contributed by atoms with E-state index in [-0.39, 0.29) is 12.1 Å². The fourth-order valence-corrected chi connectivity index (χ4v) is 3.96. The number of hydrogen-bond donors (Lipinski definition) is 1. The molecule has 4 rings (SSSR count). The first-order chi connectivity index (χ1) is 15.3. The smallest absolute Gasteiger partial charge is 0.318 e. The predicted molar refractivity (Wildman–Crippen MR) is 123 cm³/mol. The predicted octanol–water partition coefficient (Wildman–Crippen LogP) is 4.11. The normalized spacial score (nSPS) is 15.4. The van der Waals surface area contributed by atoms with Crippen LogP contribution in [0.1, 0.15) is 28.1 Å². The molecule has 6 nitrogen and oxygen atoms in total. The number of carbonyl (C=O) groups excluding carboxylic acids is 3. The number of barbiturate groups is 1. The van der Waals surface area contributed by atoms with Crippen molar-refractivity contribution in [1.29, 1.82) is 0 Å². The third kappa shape index (κ3) is 4.12. The number of benzene rings is 2. The van der Waals surface area contributed by atoms with Crippen molar-refractivity contribution in [2.75, 3.05) is 6.54 Å². The quantitative estimate of drug-likeness (QED) is 0.492. The molecule has 1 aliphatic rings. The number of imide groups is 2. The number of amides is 4. The average Bonchev–Trinajstić information content (AvgIpc) is 3.05. The summed E-state index contributed by atoms with van der Waals surface area (Å²) >= 11 is 0. The first kappa shape index (κ1) is 21.3. The molecular weight excluding hydrogens is 402 g/mol. The van der Waals surface area contributed by atoms with Gasteiger partial charge in [0, 0.05) is 23.6 Å². The van der Waals surface area contributed by atoms with E-state index in [2.05, 4.69) is 9.88 Å². The van der Waals surface area contributed by atoms with Gasteiger partial charge in [0.25, 0.3) is 11.8 Å². The number of nitrogens with one attached hydrogen (secondary N) is 1. The molecule has 4 amide bonds. The summed E-state index contributed by atoms with van der Waals surface area (Å²) in [5.41, 5.74) is 5.81. The molecule has 32 heavy (non-hydrogen) atoms. The van der Waals surface area contributed by atoms with E-state index in [1.807, 2.05) is 81.4 Å². The van der Waals surface area contributed by atoms with E-state index in [0.29, 0.717) is 6.42 Å². The van der Waals surface area contributed by atoms with Crippen molar-refractivity contribution in [2.24, 2.45) is 0 Å². The molecule has 0 atom stereocenters. The van der Waals surface area contributed by atoms with E-state index in [1.54, 1.807) is 6.08 Å². The van der Waals surface area contributed by atoms with Gasteiger partial charge in [-0.2, -0.15) is 0 Å². The summed E-state index contributed by atoms with van der Waals surface area (Å²) in [7, 11) is 0. The second kappa shape index (κ2) is 8.67. The molecule has 1 fully saturated rings. The minimum Gasteiger partial charge on any atom is -0.318 e. The fraction of sp³-hybridized carbons (Fsp3) is 0.192. The van der Waals surface area contributed by atoms with Crippen LogP contribution in [-0.4, -0.2) is 33.9 Å². The summed E-state index contributed by atoms with van der Waals surface area (Å²) in [4.78, 5) is 39.0. The van der Waals surface area contributed by atoms with Crippen LogP contribution < -0.4 is 5.32 Å². The van der Waals surface area contributed by atoms with E-state index in [1.165, 1.54) is 5.56 Å². The van der Waals surface area contributed by atoms with Crippen molar-refractivity contribution < 1.29 is 14.4 Å². The standard InChI is InChI=1S/C26H25N3O3/c1-17-9-11-22(12-10-17)29-18(2)15-21(19(29)3)16-23-24(30)27-26(32)28(25(23)31)14-13-20-7-5-4-6-8-20/h4-12,15-16H,13-14H2,1-3H3,(H,27,30,32)/b23-16+. The number of carbonyl (C=O) groups is 3. The molecule has 0 aliphatic carbocycles. The zero-order valence-electron chi connectivity index (χ0n) is 18.4. The maximum atomic E-state index is 13.1. The van der Waals surface area contributed by atoms with Crippen LogP contribution in [0.25, 0.3) is 11.8 Å². The Morgan fingerprint density at radius 1 is 0.906 bits per heavy atom. The van der Waals surface area contributed by atoms with E-state index < -0.39 is 17.8 Å². The van der Waals surface area contributed by atoms with E-state index in [9.17, 15) is 14.4 Å². The van der Waals surface area contributed by atoms with Gasteiger partial charge >= 0.3 is 6.03 Å². The third-order valence-electron chi connectivity index (χ3n) is 5.72. The highest BCUT2D eigenvalue weighted by molar-refractivity contribution is 6.31. The summed E-state index contributed by atoms with van der Waals surface area (Å²) in [6, 6.07) is 19.0. The molecule has 6 heteroatoms. The Hall–Kier alpha value is -3.93. The van der Waals surface area contributed by atoms with Crippen molar-refractivity contribution >= 4 is 23.9 Å². The van der Waals surface area contributed by atoms with Gasteiger partial charge in [-0.15, -0.1) is 0 Å². The van der Waals surface area contributed by atoms with Crippen LogP contribution in [-0.2, 0) is 16.0 Å². The molecular formula is C26H25N3O3. The number of hydrogen-bond acceptors (Lipinski definition) is 3. The van der Waals surface area contributed by atoms with Crippen LogP contribution in [0.5, 0.6) is 0 Å². The molecule has 0 spiro atoms. The van der Waals surface area contributed by atoms with Crippen LogP contribution in [0, 0.1) is 20.8 Å². The summed E-state index contributed by atoms with van der Waals surface area (Å²) in [5.74, 6) is -1.24. The monoisotopic (exact) mass is 427 g/mol. The van der Waals surface area contributed by atoms with E-state index >= 15 is 0 Å². The fourth-order valence-electron chi connectivity index (χ4n) is 3.96. The Morgan fingerprint density at radius 3 is 2.28 bits per heavy atom. The van der Waals surface area contributed by atoms with Gasteiger partial charge in [0.2, 0.25) is 0 Å². The number of urea groups is 1. The lowest BCUT2D eigenvalue weighted by atomic mass is 10.1. The molecule has 0 bridgehead atoms. The molecule has 162 valence electrons. The van der Waals surface area contributed by atoms with Crippen LogP contribution in [0.2, 0.25) is 0 Å². The van der Waals surface area contributed by atoms with Gasteiger partial charge in [0.1, 0.15) is 5.57 Å². The molecule has 1 aromatic heterocycles. The molecule has 1 N–H and O–H groups in total. The van der Waals surface area contributed by atoms with Crippen molar-refractivity contribution in [3.63, 3.8) is 0 Å². The Bertz CT molecular complexity index is 1220. The molecule has 3 aromatic rings. The van der Waals surface area contributed by atoms with Gasteiger partial charge in [-0.3, -0.25) is 19.8 Å². The number of rotatable bonds is 5. The minimum atomic E-state index is -0.682. The first-order valence-corrected chi connectivity index (χ1v) is 10.5. The summed E-state index contributed by atoms with van der Waals surface area (Å²) in [5, 5.41) is 2.30. The topological polar surface area (TPSA) is 71.4 Å². The second-order valence-electron chi connectivity index (χ2n) is 8.01. The van der Waals surface area contributed by atoms with Gasteiger partial charge < -0.3 is 4.57 Å². The summed E-state index contributed by atoms with van der Waals surface area (Å²) in [6.45, 7) is 6.16. The molecule has 0 radical (unpaired) electrons. The Morgan fingerprint density at radius 2 is 1.59 bits per heavy atom. The molecule has 0 unspecified atom stereocenters.